The third-order valence-electron chi connectivity index (χ3n) is 10.5. The summed E-state index contributed by atoms with van der Waals surface area (Å²) in [6, 6.07) is 12.2. The van der Waals surface area contributed by atoms with Gasteiger partial charge in [0.2, 0.25) is 11.8 Å². The minimum Gasteiger partial charge on any atom is -0.484 e. The van der Waals surface area contributed by atoms with E-state index in [1.165, 1.54) is 30.0 Å². The third kappa shape index (κ3) is 4.63. The molecule has 1 aromatic heterocycles. The molecule has 8 nitrogen and oxygen atoms in total. The van der Waals surface area contributed by atoms with Crippen LogP contribution >= 0.6 is 23.1 Å². The molecule has 13 heteroatoms. The van der Waals surface area contributed by atoms with Crippen LogP contribution in [0.4, 0.5) is 18.9 Å². The molecule has 3 aromatic rings. The van der Waals surface area contributed by atoms with Crippen LogP contribution in [0.15, 0.2) is 58.4 Å². The van der Waals surface area contributed by atoms with Gasteiger partial charge < -0.3 is 14.6 Å². The first-order chi connectivity index (χ1) is 22.1. The van der Waals surface area contributed by atoms with Crippen LogP contribution < -0.4 is 14.5 Å². The number of piperidine rings is 1. The molecule has 3 amide bonds. The number of thiazole rings is 1. The van der Waals surface area contributed by atoms with Gasteiger partial charge in [0.05, 0.1) is 28.1 Å². The lowest BCUT2D eigenvalue weighted by Gasteiger charge is -2.43. The Morgan fingerprint density at radius 2 is 1.63 bits per heavy atom. The zero-order chi connectivity index (χ0) is 31.9. The second-order valence-corrected chi connectivity index (χ2v) is 15.0. The number of amides is 3. The van der Waals surface area contributed by atoms with Crippen molar-refractivity contribution in [3.05, 3.63) is 74.2 Å². The van der Waals surface area contributed by atoms with Crippen molar-refractivity contribution in [3.63, 3.8) is 0 Å². The molecule has 2 saturated heterocycles. The Morgan fingerprint density at radius 1 is 0.935 bits per heavy atom. The molecule has 0 radical (unpaired) electrons. The topological polar surface area (TPSA) is 99.8 Å². The number of halogens is 3. The van der Waals surface area contributed by atoms with Gasteiger partial charge in [-0.05, 0) is 73.3 Å². The number of aromatic amines is 1. The summed E-state index contributed by atoms with van der Waals surface area (Å²) in [4.78, 5) is 59.2. The summed E-state index contributed by atoms with van der Waals surface area (Å²) in [5.74, 6) is -2.86. The number of carbonyl (C=O) groups is 3. The molecule has 46 heavy (non-hydrogen) atoms. The minimum absolute atomic E-state index is 0.0446. The molecule has 8 rings (SSSR count). The van der Waals surface area contributed by atoms with Crippen molar-refractivity contribution in [2.24, 2.45) is 29.6 Å². The molecular weight excluding hydrogens is 640 g/mol. The van der Waals surface area contributed by atoms with Crippen LogP contribution in [0.25, 0.3) is 0 Å². The number of imide groups is 1. The first-order valence-corrected chi connectivity index (χ1v) is 17.3. The SMILES string of the molecule is O=C(COc1ccc([C@H]2c3sc(=O)[nH]c3SC3C2[C@H]2C[C@@H]3C3C(=O)N(c4ccccc4C(F)(F)F)C(=O)C32)cc1)N1CCCCC1. The largest absolute Gasteiger partial charge is 0.484 e. The summed E-state index contributed by atoms with van der Waals surface area (Å²) in [5.41, 5.74) is -0.501. The molecular formula is C33H30F3N3O5S2. The minimum atomic E-state index is -4.72. The lowest BCUT2D eigenvalue weighted by molar-refractivity contribution is -0.137. The standard InChI is InChI=1S/C33H30F3N3O5S2/c34-33(35,36)20-6-2-3-7-21(20)39-30(41)25-18-14-19(26(25)31(39)42)27-24(18)23(28-29(45-27)37-32(43)46-28)16-8-10-17(11-9-16)44-15-22(40)38-12-4-1-5-13-38/h2-3,6-11,18-19,23-27H,1,4-5,12-15H2,(H,37,43)/t18-,19-,23-,24?,25?,26?,27?/m1/s1. The number of H-pyrrole nitrogens is 1. The number of hydrogen-bond donors (Lipinski definition) is 1. The van der Waals surface area contributed by atoms with E-state index < -0.39 is 41.1 Å². The zero-order valence-corrected chi connectivity index (χ0v) is 26.1. The fraction of sp³-hybridized carbons (Fsp3) is 0.455. The molecule has 2 bridgehead atoms. The predicted octanol–water partition coefficient (Wildman–Crippen LogP) is 5.52. The Bertz CT molecular complexity index is 1780. The number of carbonyl (C=O) groups excluding carboxylic acids is 3. The number of ether oxygens (including phenoxy) is 1. The zero-order valence-electron chi connectivity index (χ0n) is 24.5. The van der Waals surface area contributed by atoms with E-state index >= 15 is 0 Å². The van der Waals surface area contributed by atoms with Crippen LogP contribution in [-0.2, 0) is 20.6 Å². The number of fused-ring (bicyclic) bond motifs is 9. The maximum Gasteiger partial charge on any atom is 0.418 e. The summed E-state index contributed by atoms with van der Waals surface area (Å²) >= 11 is 2.65. The molecule has 2 saturated carbocycles. The van der Waals surface area contributed by atoms with Crippen molar-refractivity contribution in [2.45, 2.75) is 48.1 Å². The van der Waals surface area contributed by atoms with Gasteiger partial charge in [0.1, 0.15) is 5.75 Å². The number of likely N-dealkylation sites (tertiary alicyclic amines) is 1. The number of nitrogens with zero attached hydrogens (tertiary/aromatic N) is 2. The maximum atomic E-state index is 14.0. The number of nitrogens with one attached hydrogen (secondary N) is 1. The van der Waals surface area contributed by atoms with Crippen LogP contribution in [0.5, 0.6) is 5.75 Å². The molecule has 240 valence electrons. The average molecular weight is 670 g/mol. The Kier molecular flexibility index (Phi) is 7.13. The summed E-state index contributed by atoms with van der Waals surface area (Å²) in [6.07, 6.45) is -0.975. The van der Waals surface area contributed by atoms with E-state index in [1.54, 1.807) is 12.1 Å². The normalized spacial score (nSPS) is 29.9. The number of alkyl halides is 3. The molecule has 4 fully saturated rings. The van der Waals surface area contributed by atoms with Crippen LogP contribution in [0.2, 0.25) is 0 Å². The van der Waals surface area contributed by atoms with Crippen molar-refractivity contribution in [3.8, 4) is 5.75 Å². The van der Waals surface area contributed by atoms with Crippen molar-refractivity contribution in [1.82, 2.24) is 9.88 Å². The number of aromatic nitrogens is 1. The summed E-state index contributed by atoms with van der Waals surface area (Å²) in [7, 11) is 0. The van der Waals surface area contributed by atoms with E-state index in [1.807, 2.05) is 17.0 Å². The van der Waals surface area contributed by atoms with Crippen LogP contribution in [0.1, 0.15) is 47.6 Å². The summed E-state index contributed by atoms with van der Waals surface area (Å²) in [5, 5.41) is 0.649. The van der Waals surface area contributed by atoms with Gasteiger partial charge >= 0.3 is 11.0 Å². The van der Waals surface area contributed by atoms with E-state index in [-0.39, 0.29) is 46.3 Å². The second-order valence-electron chi connectivity index (χ2n) is 12.8. The average Bonchev–Trinajstić information content (AvgIpc) is 3.79. The van der Waals surface area contributed by atoms with Gasteiger partial charge in [-0.2, -0.15) is 13.2 Å². The number of hydrogen-bond acceptors (Lipinski definition) is 7. The fourth-order valence-corrected chi connectivity index (χ4v) is 11.6. The lowest BCUT2D eigenvalue weighted by Crippen LogP contribution is -2.42. The van der Waals surface area contributed by atoms with Crippen molar-refractivity contribution >= 4 is 46.5 Å². The van der Waals surface area contributed by atoms with Crippen LogP contribution in [-0.4, -0.2) is 52.6 Å². The van der Waals surface area contributed by atoms with Gasteiger partial charge in [-0.25, -0.2) is 4.90 Å². The number of rotatable bonds is 5. The summed E-state index contributed by atoms with van der Waals surface area (Å²) in [6.45, 7) is 1.44. The molecule has 7 atom stereocenters. The molecule has 5 aliphatic rings. The Balaban J connectivity index is 1.09. The van der Waals surface area contributed by atoms with Crippen molar-refractivity contribution in [1.29, 1.82) is 0 Å². The van der Waals surface area contributed by atoms with Gasteiger partial charge in [0, 0.05) is 29.1 Å². The highest BCUT2D eigenvalue weighted by Crippen LogP contribution is 2.68. The third-order valence-corrected chi connectivity index (χ3v) is 13.1. The number of para-hydroxylation sites is 1. The molecule has 2 aromatic carbocycles. The second kappa shape index (κ2) is 11.0. The van der Waals surface area contributed by atoms with Gasteiger partial charge in [0.25, 0.3) is 5.91 Å². The monoisotopic (exact) mass is 669 g/mol. The number of benzene rings is 2. The molecule has 2 aliphatic carbocycles. The maximum absolute atomic E-state index is 14.0. The van der Waals surface area contributed by atoms with E-state index in [4.69, 9.17) is 4.74 Å². The van der Waals surface area contributed by atoms with Crippen LogP contribution in [0, 0.1) is 29.6 Å². The number of thioether (sulfide) groups is 1. The first kappa shape index (κ1) is 29.8. The van der Waals surface area contributed by atoms with E-state index in [9.17, 15) is 32.3 Å². The molecule has 3 aliphatic heterocycles. The quantitative estimate of drug-likeness (QED) is 0.359. The van der Waals surface area contributed by atoms with E-state index in [0.29, 0.717) is 12.2 Å². The van der Waals surface area contributed by atoms with Gasteiger partial charge in [-0.3, -0.25) is 19.2 Å². The van der Waals surface area contributed by atoms with Crippen LogP contribution in [0.3, 0.4) is 0 Å². The Labute approximate surface area is 270 Å². The molecule has 1 N–H and O–H groups in total. The van der Waals surface area contributed by atoms with E-state index in [0.717, 1.165) is 70.1 Å². The van der Waals surface area contributed by atoms with Gasteiger partial charge in [-0.15, -0.1) is 11.8 Å². The Morgan fingerprint density at radius 3 is 2.35 bits per heavy atom. The van der Waals surface area contributed by atoms with Crippen molar-refractivity contribution < 1.29 is 32.3 Å². The highest BCUT2D eigenvalue weighted by Gasteiger charge is 2.70. The molecule has 0 spiro atoms. The fourth-order valence-electron chi connectivity index (χ4n) is 8.69. The van der Waals surface area contributed by atoms with E-state index in [2.05, 4.69) is 4.98 Å². The smallest absolute Gasteiger partial charge is 0.418 e. The van der Waals surface area contributed by atoms with Gasteiger partial charge in [0.15, 0.2) is 6.61 Å². The molecule has 4 heterocycles. The Hall–Kier alpha value is -3.58. The first-order valence-electron chi connectivity index (χ1n) is 15.6. The molecule has 4 unspecified atom stereocenters. The highest BCUT2D eigenvalue weighted by atomic mass is 32.2. The number of anilines is 1. The van der Waals surface area contributed by atoms with Gasteiger partial charge in [-0.1, -0.05) is 35.6 Å². The predicted molar refractivity (Wildman–Crippen MR) is 165 cm³/mol. The highest BCUT2D eigenvalue weighted by molar-refractivity contribution is 8.00. The lowest BCUT2D eigenvalue weighted by atomic mass is 9.68. The van der Waals surface area contributed by atoms with Crippen molar-refractivity contribution in [2.75, 3.05) is 24.6 Å². The summed E-state index contributed by atoms with van der Waals surface area (Å²) < 4.78 is 47.6.